The molecule has 1 unspecified atom stereocenters. The van der Waals surface area contributed by atoms with E-state index in [0.29, 0.717) is 35.5 Å². The molecule has 1 atom stereocenters. The van der Waals surface area contributed by atoms with Gasteiger partial charge in [0, 0.05) is 17.4 Å². The lowest BCUT2D eigenvalue weighted by atomic mass is 9.88. The Labute approximate surface area is 160 Å². The standard InChI is InChI=1S/C21H19NO6/c1-26-17-8-4-5-13-11-14(20(24)28-18(13)17)19(23)22-12-21(25)9-10-27-16-7-3-2-6-15(16)21/h2-8,11,25H,9-10,12H2,1H3,(H,22,23). The van der Waals surface area contributed by atoms with Crippen LogP contribution in [0.15, 0.2) is 57.7 Å². The van der Waals surface area contributed by atoms with Crippen molar-refractivity contribution in [3.8, 4) is 11.5 Å². The number of nitrogens with one attached hydrogen (secondary N) is 1. The molecule has 1 amide bonds. The van der Waals surface area contributed by atoms with Gasteiger partial charge in [-0.1, -0.05) is 30.3 Å². The van der Waals surface area contributed by atoms with Crippen LogP contribution in [0.1, 0.15) is 22.3 Å². The zero-order chi connectivity index (χ0) is 19.7. The Kier molecular flexibility index (Phi) is 4.52. The summed E-state index contributed by atoms with van der Waals surface area (Å²) in [5.74, 6) is 0.383. The number of hydrogen-bond acceptors (Lipinski definition) is 6. The summed E-state index contributed by atoms with van der Waals surface area (Å²) in [5.41, 5.74) is -1.29. The summed E-state index contributed by atoms with van der Waals surface area (Å²) in [6.45, 7) is 0.281. The average Bonchev–Trinajstić information content (AvgIpc) is 2.71. The first-order valence-electron chi connectivity index (χ1n) is 8.85. The van der Waals surface area contributed by atoms with Crippen LogP contribution in [0.5, 0.6) is 11.5 Å². The van der Waals surface area contributed by atoms with Crippen molar-refractivity contribution < 1.29 is 23.8 Å². The van der Waals surface area contributed by atoms with Gasteiger partial charge < -0.3 is 24.3 Å². The molecule has 2 heterocycles. The van der Waals surface area contributed by atoms with Gasteiger partial charge in [0.15, 0.2) is 11.3 Å². The van der Waals surface area contributed by atoms with Crippen LogP contribution in [0.25, 0.3) is 11.0 Å². The van der Waals surface area contributed by atoms with Crippen molar-refractivity contribution in [3.05, 3.63) is 70.1 Å². The molecular weight excluding hydrogens is 362 g/mol. The summed E-state index contributed by atoms with van der Waals surface area (Å²) in [6, 6.07) is 13.7. The minimum atomic E-state index is -1.27. The molecule has 0 aliphatic carbocycles. The highest BCUT2D eigenvalue weighted by Gasteiger charge is 2.36. The number of fused-ring (bicyclic) bond motifs is 2. The van der Waals surface area contributed by atoms with Gasteiger partial charge >= 0.3 is 5.63 Å². The molecule has 2 N–H and O–H groups in total. The van der Waals surface area contributed by atoms with Crippen LogP contribution in [0, 0.1) is 0 Å². The molecule has 0 fully saturated rings. The van der Waals surface area contributed by atoms with E-state index < -0.39 is 17.1 Å². The SMILES string of the molecule is COc1cccc2cc(C(=O)NCC3(O)CCOc4ccccc43)c(=O)oc12. The highest BCUT2D eigenvalue weighted by atomic mass is 16.5. The molecule has 7 heteroatoms. The average molecular weight is 381 g/mol. The number of benzene rings is 2. The monoisotopic (exact) mass is 381 g/mol. The number of methoxy groups -OCH3 is 1. The Bertz CT molecular complexity index is 1110. The van der Waals surface area contributed by atoms with Gasteiger partial charge in [0.25, 0.3) is 5.91 Å². The fourth-order valence-corrected chi connectivity index (χ4v) is 3.38. The van der Waals surface area contributed by atoms with Crippen LogP contribution in [0.2, 0.25) is 0 Å². The second-order valence-corrected chi connectivity index (χ2v) is 6.64. The lowest BCUT2D eigenvalue weighted by Gasteiger charge is -2.34. The zero-order valence-electron chi connectivity index (χ0n) is 15.2. The van der Waals surface area contributed by atoms with Gasteiger partial charge in [-0.15, -0.1) is 0 Å². The number of aliphatic hydroxyl groups is 1. The molecule has 1 aliphatic rings. The molecule has 0 bridgehead atoms. The van der Waals surface area contributed by atoms with Crippen LogP contribution in [0.4, 0.5) is 0 Å². The predicted molar refractivity (Wildman–Crippen MR) is 102 cm³/mol. The van der Waals surface area contributed by atoms with Gasteiger partial charge in [-0.2, -0.15) is 0 Å². The third-order valence-electron chi connectivity index (χ3n) is 4.89. The highest BCUT2D eigenvalue weighted by molar-refractivity contribution is 5.97. The van der Waals surface area contributed by atoms with Crippen molar-refractivity contribution in [3.63, 3.8) is 0 Å². The maximum atomic E-state index is 12.6. The Morgan fingerprint density at radius 1 is 1.25 bits per heavy atom. The first-order chi connectivity index (χ1) is 13.5. The quantitative estimate of drug-likeness (QED) is 0.673. The second-order valence-electron chi connectivity index (χ2n) is 6.64. The van der Waals surface area contributed by atoms with E-state index in [-0.39, 0.29) is 17.7 Å². The third-order valence-corrected chi connectivity index (χ3v) is 4.89. The summed E-state index contributed by atoms with van der Waals surface area (Å²) in [5, 5.41) is 14.2. The van der Waals surface area contributed by atoms with Crippen molar-refractivity contribution in [2.24, 2.45) is 0 Å². The number of hydrogen-bond donors (Lipinski definition) is 2. The smallest absolute Gasteiger partial charge is 0.349 e. The van der Waals surface area contributed by atoms with Crippen molar-refractivity contribution in [2.45, 2.75) is 12.0 Å². The predicted octanol–water partition coefficient (Wildman–Crippen LogP) is 2.20. The molecule has 0 saturated carbocycles. The first-order valence-corrected chi connectivity index (χ1v) is 8.85. The van der Waals surface area contributed by atoms with Gasteiger partial charge in [0.05, 0.1) is 20.3 Å². The molecule has 0 spiro atoms. The Balaban J connectivity index is 1.60. The molecule has 144 valence electrons. The van der Waals surface area contributed by atoms with E-state index in [0.717, 1.165) is 0 Å². The largest absolute Gasteiger partial charge is 0.493 e. The summed E-state index contributed by atoms with van der Waals surface area (Å²) >= 11 is 0. The minimum Gasteiger partial charge on any atom is -0.493 e. The Morgan fingerprint density at radius 3 is 2.89 bits per heavy atom. The van der Waals surface area contributed by atoms with E-state index in [1.165, 1.54) is 13.2 Å². The summed E-state index contributed by atoms with van der Waals surface area (Å²) in [4.78, 5) is 24.9. The van der Waals surface area contributed by atoms with Crippen LogP contribution in [0.3, 0.4) is 0 Å². The lowest BCUT2D eigenvalue weighted by Crippen LogP contribution is -2.44. The molecule has 28 heavy (non-hydrogen) atoms. The molecular formula is C21H19NO6. The zero-order valence-corrected chi connectivity index (χ0v) is 15.2. The third kappa shape index (κ3) is 3.10. The topological polar surface area (TPSA) is 98.0 Å². The number of para-hydroxylation sites is 2. The number of ether oxygens (including phenoxy) is 2. The van der Waals surface area contributed by atoms with Crippen molar-refractivity contribution >= 4 is 16.9 Å². The Hall–Kier alpha value is -3.32. The fraction of sp³-hybridized carbons (Fsp3) is 0.238. The van der Waals surface area contributed by atoms with E-state index in [1.54, 1.807) is 36.4 Å². The van der Waals surface area contributed by atoms with E-state index in [9.17, 15) is 14.7 Å². The molecule has 1 aromatic heterocycles. The number of amides is 1. The van der Waals surface area contributed by atoms with E-state index in [4.69, 9.17) is 13.9 Å². The summed E-state index contributed by atoms with van der Waals surface area (Å²) < 4.78 is 16.0. The van der Waals surface area contributed by atoms with E-state index in [1.807, 2.05) is 6.07 Å². The maximum absolute atomic E-state index is 12.6. The normalized spacial score (nSPS) is 18.2. The molecule has 1 aliphatic heterocycles. The van der Waals surface area contributed by atoms with Gasteiger partial charge in [-0.05, 0) is 18.2 Å². The van der Waals surface area contributed by atoms with Crippen LogP contribution < -0.4 is 20.4 Å². The van der Waals surface area contributed by atoms with Gasteiger partial charge in [0.1, 0.15) is 16.9 Å². The Morgan fingerprint density at radius 2 is 2.07 bits per heavy atom. The van der Waals surface area contributed by atoms with Crippen LogP contribution in [-0.2, 0) is 5.60 Å². The number of rotatable bonds is 4. The van der Waals surface area contributed by atoms with E-state index in [2.05, 4.69) is 5.32 Å². The molecule has 3 aromatic rings. The lowest BCUT2D eigenvalue weighted by molar-refractivity contribution is -0.00163. The molecule has 7 nitrogen and oxygen atoms in total. The van der Waals surface area contributed by atoms with Crippen molar-refractivity contribution in [1.29, 1.82) is 0 Å². The molecule has 0 saturated heterocycles. The van der Waals surface area contributed by atoms with Gasteiger partial charge in [-0.3, -0.25) is 4.79 Å². The number of carbonyl (C=O) groups excluding carboxylic acids is 1. The summed E-state index contributed by atoms with van der Waals surface area (Å²) in [6.07, 6.45) is 0.327. The van der Waals surface area contributed by atoms with Crippen molar-refractivity contribution in [2.75, 3.05) is 20.3 Å². The minimum absolute atomic E-state index is 0.0538. The number of carbonyl (C=O) groups is 1. The van der Waals surface area contributed by atoms with Gasteiger partial charge in [0.2, 0.25) is 0 Å². The molecule has 0 radical (unpaired) electrons. The highest BCUT2D eigenvalue weighted by Crippen LogP contribution is 2.36. The van der Waals surface area contributed by atoms with Crippen LogP contribution in [-0.4, -0.2) is 31.3 Å². The molecule has 2 aromatic carbocycles. The maximum Gasteiger partial charge on any atom is 0.349 e. The first kappa shape index (κ1) is 18.1. The van der Waals surface area contributed by atoms with Crippen LogP contribution >= 0.6 is 0 Å². The summed E-state index contributed by atoms with van der Waals surface area (Å²) in [7, 11) is 1.47. The second kappa shape index (κ2) is 7.01. The van der Waals surface area contributed by atoms with E-state index >= 15 is 0 Å². The van der Waals surface area contributed by atoms with Crippen molar-refractivity contribution in [1.82, 2.24) is 5.32 Å². The van der Waals surface area contributed by atoms with Gasteiger partial charge in [-0.25, -0.2) is 4.79 Å². The fourth-order valence-electron chi connectivity index (χ4n) is 3.38. The molecule has 4 rings (SSSR count).